The first kappa shape index (κ1) is 37.6. The van der Waals surface area contributed by atoms with Crippen molar-refractivity contribution in [2.45, 2.75) is 42.3 Å². The molecule has 1 aromatic heterocycles. The highest BCUT2D eigenvalue weighted by Gasteiger charge is 2.23. The standard InChI is InChI=1S/C28H35N11O9S2/c1-14-7-19(20(47-4)10-21(14)49(31,42)43)38-39-23-22(50(44,45)46)9-16-8-17(5-6-18(16)24(23)41)33-26-34-25(32-11-15(2)29)35-27(36-26)37-28(3,30)12-48-13-40/h5-10,13,15,41H,11-12,29-30H2,1-4H3,(H2,31,42,43)(H,44,45,46)(H3,32,33,34,35,36,37). The summed E-state index contributed by atoms with van der Waals surface area (Å²) in [5.41, 5.74) is 8.61. The molecule has 0 aliphatic rings. The lowest BCUT2D eigenvalue weighted by Crippen LogP contribution is -2.62. The van der Waals surface area contributed by atoms with Gasteiger partial charge in [0.1, 0.15) is 39.5 Å². The Morgan fingerprint density at radius 2 is 1.76 bits per heavy atom. The van der Waals surface area contributed by atoms with Crippen LogP contribution in [0.4, 0.5) is 34.9 Å². The summed E-state index contributed by atoms with van der Waals surface area (Å²) >= 11 is 0. The second-order valence-corrected chi connectivity index (χ2v) is 14.2. The number of azo groups is 1. The van der Waals surface area contributed by atoms with Gasteiger partial charge in [-0.3, -0.25) is 4.79 Å². The highest BCUT2D eigenvalue weighted by atomic mass is 32.2. The van der Waals surface area contributed by atoms with E-state index >= 15 is 0 Å². The number of aryl methyl sites for hydroxylation is 1. The van der Waals surface area contributed by atoms with E-state index in [4.69, 9.17) is 20.3 Å². The number of benzene rings is 3. The zero-order valence-corrected chi connectivity index (χ0v) is 28.8. The molecule has 0 aliphatic carbocycles. The number of carbonyl (C=O) groups excluding carboxylic acids is 1. The number of hydrogen-bond donors (Lipinski definition) is 7. The van der Waals surface area contributed by atoms with Crippen molar-refractivity contribution in [1.29, 1.82) is 0 Å². The van der Waals surface area contributed by atoms with Gasteiger partial charge >= 0.3 is 0 Å². The van der Waals surface area contributed by atoms with Crippen LogP contribution in [0.2, 0.25) is 0 Å². The van der Waals surface area contributed by atoms with Crippen LogP contribution in [0.5, 0.6) is 11.5 Å². The number of primary sulfonamides is 1. The molecule has 0 radical (unpaired) electrons. The fourth-order valence-electron chi connectivity index (χ4n) is 4.48. The van der Waals surface area contributed by atoms with E-state index < -0.39 is 42.1 Å². The summed E-state index contributed by atoms with van der Waals surface area (Å²) in [6, 6.07) is 7.76. The van der Waals surface area contributed by atoms with Crippen LogP contribution >= 0.6 is 0 Å². The molecule has 0 aliphatic heterocycles. The number of ether oxygens (including phenoxy) is 2. The van der Waals surface area contributed by atoms with Crippen molar-refractivity contribution in [2.75, 3.05) is 36.2 Å². The third-order valence-electron chi connectivity index (χ3n) is 6.71. The van der Waals surface area contributed by atoms with E-state index in [1.165, 1.54) is 38.3 Å². The van der Waals surface area contributed by atoms with Crippen molar-refractivity contribution < 1.29 is 46.5 Å². The lowest BCUT2D eigenvalue weighted by Gasteiger charge is -2.25. The molecule has 3 aromatic carbocycles. The molecule has 1 heterocycles. The summed E-state index contributed by atoms with van der Waals surface area (Å²) < 4.78 is 70.9. The molecule has 0 spiro atoms. The number of hydrogen-bond acceptors (Lipinski definition) is 18. The summed E-state index contributed by atoms with van der Waals surface area (Å²) in [7, 11) is -8.11. The molecule has 20 nitrogen and oxygen atoms in total. The SMILES string of the molecule is COc1cc(S(N)(=O)=O)c(C)cc1N=Nc1c(S(=O)(=O)[O-])cc2cc(Nc3nc(NCC(C)[NH3+])nc(NC(C)(N)COC=O)n3)ccc2c1O. The monoisotopic (exact) mass is 733 g/mol. The lowest BCUT2D eigenvalue weighted by atomic mass is 10.1. The van der Waals surface area contributed by atoms with Crippen LogP contribution in [0, 0.1) is 6.92 Å². The van der Waals surface area contributed by atoms with Gasteiger partial charge in [-0.15, -0.1) is 10.2 Å². The zero-order chi connectivity index (χ0) is 37.0. The van der Waals surface area contributed by atoms with Gasteiger partial charge in [-0.25, -0.2) is 22.0 Å². The molecule has 2 atom stereocenters. The molecule has 4 rings (SSSR count). The fourth-order valence-corrected chi connectivity index (χ4v) is 5.91. The van der Waals surface area contributed by atoms with E-state index in [0.29, 0.717) is 12.2 Å². The van der Waals surface area contributed by atoms with Gasteiger partial charge in [0.25, 0.3) is 6.47 Å². The Hall–Kier alpha value is -5.26. The molecular weight excluding hydrogens is 699 g/mol. The second-order valence-electron chi connectivity index (χ2n) is 11.4. The van der Waals surface area contributed by atoms with Crippen LogP contribution in [0.15, 0.2) is 56.4 Å². The molecule has 0 bridgehead atoms. The number of quaternary nitrogens is 1. The van der Waals surface area contributed by atoms with Crippen LogP contribution in [0.3, 0.4) is 0 Å². The van der Waals surface area contributed by atoms with E-state index in [1.807, 2.05) is 6.92 Å². The van der Waals surface area contributed by atoms with Crippen molar-refractivity contribution in [2.24, 2.45) is 21.1 Å². The predicted octanol–water partition coefficient (Wildman–Crippen LogP) is 1.06. The number of phenolic OH excluding ortho intramolecular Hbond substituents is 1. The number of methoxy groups -OCH3 is 1. The Morgan fingerprint density at radius 3 is 2.38 bits per heavy atom. The topological polar surface area (TPSA) is 326 Å². The quantitative estimate of drug-likeness (QED) is 0.0388. The van der Waals surface area contributed by atoms with Crippen molar-refractivity contribution >= 4 is 72.3 Å². The summed E-state index contributed by atoms with van der Waals surface area (Å²) in [4.78, 5) is 22.5. The number of aromatic nitrogens is 3. The molecule has 11 N–H and O–H groups in total. The summed E-state index contributed by atoms with van der Waals surface area (Å²) in [5.74, 6) is -0.582. The van der Waals surface area contributed by atoms with Gasteiger partial charge in [0.15, 0.2) is 5.75 Å². The maximum atomic E-state index is 12.4. The largest absolute Gasteiger partial charge is 0.744 e. The van der Waals surface area contributed by atoms with Crippen molar-refractivity contribution in [1.82, 2.24) is 15.0 Å². The number of nitrogens with zero attached hydrogens (tertiary/aromatic N) is 5. The van der Waals surface area contributed by atoms with Gasteiger partial charge in [-0.2, -0.15) is 15.0 Å². The van der Waals surface area contributed by atoms with Crippen LogP contribution in [-0.4, -0.2) is 79.9 Å². The van der Waals surface area contributed by atoms with Gasteiger partial charge in [-0.05, 0) is 62.1 Å². The van der Waals surface area contributed by atoms with Gasteiger partial charge in [0.2, 0.25) is 27.9 Å². The Labute approximate surface area is 286 Å². The minimum absolute atomic E-state index is 0.00824. The number of sulfonamides is 1. The first-order valence-corrected chi connectivity index (χ1v) is 17.4. The third-order valence-corrected chi connectivity index (χ3v) is 8.61. The molecule has 4 aromatic rings. The molecule has 2 unspecified atom stereocenters. The van der Waals surface area contributed by atoms with Gasteiger partial charge in [0, 0.05) is 17.1 Å². The number of fused-ring (bicyclic) bond motifs is 1. The summed E-state index contributed by atoms with van der Waals surface area (Å²) in [5, 5.41) is 33.2. The van der Waals surface area contributed by atoms with Crippen molar-refractivity contribution in [3.63, 3.8) is 0 Å². The normalized spacial score (nSPS) is 13.8. The Kier molecular flexibility index (Phi) is 11.0. The average molecular weight is 734 g/mol. The van der Waals surface area contributed by atoms with E-state index in [1.54, 1.807) is 6.92 Å². The van der Waals surface area contributed by atoms with Gasteiger partial charge in [0.05, 0.1) is 29.5 Å². The van der Waals surface area contributed by atoms with Gasteiger partial charge < -0.3 is 46.6 Å². The molecule has 22 heteroatoms. The minimum atomic E-state index is -5.23. The van der Waals surface area contributed by atoms with E-state index in [0.717, 1.165) is 12.1 Å². The molecule has 50 heavy (non-hydrogen) atoms. The van der Waals surface area contributed by atoms with E-state index in [-0.39, 0.29) is 69.6 Å². The maximum Gasteiger partial charge on any atom is 0.293 e. The van der Waals surface area contributed by atoms with E-state index in [2.05, 4.69) is 46.9 Å². The predicted molar refractivity (Wildman–Crippen MR) is 179 cm³/mol. The summed E-state index contributed by atoms with van der Waals surface area (Å²) in [6.07, 6.45) is 0. The average Bonchev–Trinajstić information content (AvgIpc) is 3.01. The van der Waals surface area contributed by atoms with Crippen LogP contribution in [0.1, 0.15) is 19.4 Å². The van der Waals surface area contributed by atoms with Crippen LogP contribution in [-0.2, 0) is 29.7 Å². The highest BCUT2D eigenvalue weighted by molar-refractivity contribution is 7.89. The first-order valence-electron chi connectivity index (χ1n) is 14.4. The number of nitrogens with two attached hydrogens (primary N) is 2. The number of anilines is 4. The maximum absolute atomic E-state index is 12.4. The molecule has 0 saturated carbocycles. The zero-order valence-electron chi connectivity index (χ0n) is 27.2. The number of carbonyl (C=O) groups is 1. The summed E-state index contributed by atoms with van der Waals surface area (Å²) in [6.45, 7) is 5.32. The number of rotatable bonds is 15. The number of nitrogens with one attached hydrogen (secondary N) is 3. The Bertz CT molecular complexity index is 2180. The second kappa shape index (κ2) is 14.7. The Morgan fingerprint density at radius 1 is 1.08 bits per heavy atom. The number of phenols is 1. The fraction of sp³-hybridized carbons (Fsp3) is 0.286. The first-order chi connectivity index (χ1) is 23.3. The molecule has 0 fully saturated rings. The number of aromatic hydroxyl groups is 1. The lowest BCUT2D eigenvalue weighted by molar-refractivity contribution is -0.409. The van der Waals surface area contributed by atoms with E-state index in [9.17, 15) is 31.3 Å². The molecule has 0 amide bonds. The molecule has 268 valence electrons. The molecule has 0 saturated heterocycles. The van der Waals surface area contributed by atoms with Gasteiger partial charge in [-0.1, -0.05) is 0 Å². The Balaban J connectivity index is 1.76. The van der Waals surface area contributed by atoms with Crippen molar-refractivity contribution in [3.05, 3.63) is 42.0 Å². The van der Waals surface area contributed by atoms with Crippen LogP contribution < -0.4 is 37.3 Å². The van der Waals surface area contributed by atoms with Crippen LogP contribution in [0.25, 0.3) is 10.8 Å². The molecular formula is C28H35N11O9S2. The van der Waals surface area contributed by atoms with Crippen molar-refractivity contribution in [3.8, 4) is 11.5 Å². The highest BCUT2D eigenvalue weighted by Crippen LogP contribution is 2.43. The minimum Gasteiger partial charge on any atom is -0.744 e. The third kappa shape index (κ3) is 9.25. The smallest absolute Gasteiger partial charge is 0.293 e.